The summed E-state index contributed by atoms with van der Waals surface area (Å²) in [6.07, 6.45) is 3.03. The molecule has 2 aromatic heterocycles. The van der Waals surface area contributed by atoms with Crippen molar-refractivity contribution >= 4 is 22.9 Å². The first-order valence-corrected chi connectivity index (χ1v) is 9.51. The fourth-order valence-corrected chi connectivity index (χ4v) is 3.19. The molecular weight excluding hydrogens is 387 g/mol. The summed E-state index contributed by atoms with van der Waals surface area (Å²) in [6, 6.07) is 6.93. The van der Waals surface area contributed by atoms with E-state index in [0.717, 1.165) is 36.3 Å². The summed E-state index contributed by atoms with van der Waals surface area (Å²) >= 11 is 1.54. The Morgan fingerprint density at radius 2 is 2.14 bits per heavy atom. The van der Waals surface area contributed by atoms with Crippen molar-refractivity contribution in [1.82, 2.24) is 15.5 Å². The van der Waals surface area contributed by atoms with Crippen LogP contribution in [0.15, 0.2) is 40.2 Å². The number of nitro groups is 1. The first-order valence-electron chi connectivity index (χ1n) is 8.63. The summed E-state index contributed by atoms with van der Waals surface area (Å²) in [6.45, 7) is 0.411. The van der Waals surface area contributed by atoms with Crippen LogP contribution < -0.4 is 5.32 Å². The summed E-state index contributed by atoms with van der Waals surface area (Å²) in [5.74, 6) is -0.276. The van der Waals surface area contributed by atoms with Gasteiger partial charge in [0.2, 0.25) is 17.5 Å². The fraction of sp³-hybridized carbons (Fsp3) is 0.278. The number of rotatable bonds is 9. The van der Waals surface area contributed by atoms with Crippen LogP contribution in [0.4, 0.5) is 10.1 Å². The predicted octanol–water partition coefficient (Wildman–Crippen LogP) is 3.99. The summed E-state index contributed by atoms with van der Waals surface area (Å²) in [5.41, 5.74) is -0.658. The van der Waals surface area contributed by atoms with E-state index in [1.54, 1.807) is 11.3 Å². The molecule has 0 spiro atoms. The molecule has 0 atom stereocenters. The van der Waals surface area contributed by atoms with Crippen LogP contribution in [0.5, 0.6) is 0 Å². The van der Waals surface area contributed by atoms with E-state index >= 15 is 0 Å². The number of unbranched alkanes of at least 4 members (excludes halogenated alkanes) is 2. The van der Waals surface area contributed by atoms with Crippen molar-refractivity contribution < 1.29 is 18.6 Å². The van der Waals surface area contributed by atoms with Crippen molar-refractivity contribution in [3.63, 3.8) is 0 Å². The lowest BCUT2D eigenvalue weighted by Gasteiger charge is -2.05. The van der Waals surface area contributed by atoms with Gasteiger partial charge in [-0.05, 0) is 36.4 Å². The minimum atomic E-state index is -0.968. The Morgan fingerprint density at radius 1 is 1.29 bits per heavy atom. The normalized spacial score (nSPS) is 10.8. The summed E-state index contributed by atoms with van der Waals surface area (Å²) < 4.78 is 18.5. The molecule has 0 fully saturated rings. The zero-order chi connectivity index (χ0) is 19.9. The van der Waals surface area contributed by atoms with E-state index in [2.05, 4.69) is 15.5 Å². The zero-order valence-electron chi connectivity index (χ0n) is 14.8. The number of amides is 1. The molecule has 8 nitrogen and oxygen atoms in total. The topological polar surface area (TPSA) is 111 Å². The van der Waals surface area contributed by atoms with Crippen LogP contribution in [-0.2, 0) is 6.42 Å². The van der Waals surface area contributed by atoms with Crippen molar-refractivity contribution in [1.29, 1.82) is 0 Å². The highest BCUT2D eigenvalue weighted by Crippen LogP contribution is 2.22. The first kappa shape index (κ1) is 19.6. The molecule has 0 bridgehead atoms. The van der Waals surface area contributed by atoms with Crippen LogP contribution >= 0.6 is 11.3 Å². The van der Waals surface area contributed by atoms with Gasteiger partial charge in [-0.25, -0.2) is 0 Å². The summed E-state index contributed by atoms with van der Waals surface area (Å²) in [4.78, 5) is 27.2. The van der Waals surface area contributed by atoms with Gasteiger partial charge < -0.3 is 9.84 Å². The quantitative estimate of drug-likeness (QED) is 0.328. The van der Waals surface area contributed by atoms with Crippen molar-refractivity contribution in [2.24, 2.45) is 0 Å². The van der Waals surface area contributed by atoms with Crippen LogP contribution in [0.1, 0.15) is 35.5 Å². The Hall–Kier alpha value is -3.14. The van der Waals surface area contributed by atoms with Gasteiger partial charge in [0, 0.05) is 24.6 Å². The molecule has 3 aromatic rings. The second kappa shape index (κ2) is 9.18. The van der Waals surface area contributed by atoms with Crippen molar-refractivity contribution in [2.45, 2.75) is 25.7 Å². The van der Waals surface area contributed by atoms with Crippen LogP contribution in [0.2, 0.25) is 0 Å². The third kappa shape index (κ3) is 4.97. The molecule has 0 radical (unpaired) electrons. The smallest absolute Gasteiger partial charge is 0.305 e. The standard InChI is InChI=1S/C18H17FN4O4S/c19-13-8-7-12(11-14(13)23(25)26)18(24)20-9-3-1-2-6-16-21-17(22-27-16)15-5-4-10-28-15/h4-5,7-8,10-11H,1-3,6,9H2,(H,20,24). The first-order chi connectivity index (χ1) is 13.5. The molecule has 0 saturated heterocycles. The molecule has 1 amide bonds. The summed E-state index contributed by atoms with van der Waals surface area (Å²) in [7, 11) is 0. The van der Waals surface area contributed by atoms with Gasteiger partial charge in [0.25, 0.3) is 5.91 Å². The van der Waals surface area contributed by atoms with Crippen LogP contribution in [-0.4, -0.2) is 27.5 Å². The molecule has 0 aliphatic carbocycles. The Bertz CT molecular complexity index is 958. The van der Waals surface area contributed by atoms with E-state index in [4.69, 9.17) is 4.52 Å². The maximum absolute atomic E-state index is 13.3. The summed E-state index contributed by atoms with van der Waals surface area (Å²) in [5, 5.41) is 19.3. The molecule has 1 aromatic carbocycles. The van der Waals surface area contributed by atoms with E-state index < -0.39 is 22.3 Å². The van der Waals surface area contributed by atoms with E-state index in [9.17, 15) is 19.3 Å². The number of aryl methyl sites for hydroxylation is 1. The number of hydrogen-bond acceptors (Lipinski definition) is 7. The molecule has 28 heavy (non-hydrogen) atoms. The number of halogens is 1. The Morgan fingerprint density at radius 3 is 2.89 bits per heavy atom. The SMILES string of the molecule is O=C(NCCCCCc1nc(-c2cccs2)no1)c1ccc(F)c([N+](=O)[O-])c1. The largest absolute Gasteiger partial charge is 0.352 e. The van der Waals surface area contributed by atoms with Crippen LogP contribution in [0, 0.1) is 15.9 Å². The third-order valence-electron chi connectivity index (χ3n) is 3.97. The molecule has 0 aliphatic rings. The van der Waals surface area contributed by atoms with Gasteiger partial charge in [0.05, 0.1) is 9.80 Å². The highest BCUT2D eigenvalue weighted by molar-refractivity contribution is 7.13. The lowest BCUT2D eigenvalue weighted by molar-refractivity contribution is -0.387. The van der Waals surface area contributed by atoms with Gasteiger partial charge in [-0.1, -0.05) is 17.6 Å². The number of thiophene rings is 1. The van der Waals surface area contributed by atoms with Crippen LogP contribution in [0.25, 0.3) is 10.7 Å². The minimum absolute atomic E-state index is 0.0556. The Balaban J connectivity index is 1.37. The number of aromatic nitrogens is 2. The molecule has 1 N–H and O–H groups in total. The van der Waals surface area contributed by atoms with Crippen molar-refractivity contribution in [3.8, 4) is 10.7 Å². The highest BCUT2D eigenvalue weighted by atomic mass is 32.1. The predicted molar refractivity (Wildman–Crippen MR) is 101 cm³/mol. The molecule has 0 aliphatic heterocycles. The van der Waals surface area contributed by atoms with Gasteiger partial charge in [-0.2, -0.15) is 9.37 Å². The van der Waals surface area contributed by atoms with Crippen LogP contribution in [0.3, 0.4) is 0 Å². The molecule has 3 rings (SSSR count). The molecule has 2 heterocycles. The number of carbonyl (C=O) groups excluding carboxylic acids is 1. The molecular formula is C18H17FN4O4S. The highest BCUT2D eigenvalue weighted by Gasteiger charge is 2.17. The fourth-order valence-electron chi connectivity index (χ4n) is 2.54. The van der Waals surface area contributed by atoms with Gasteiger partial charge in [-0.3, -0.25) is 14.9 Å². The number of carbonyl (C=O) groups is 1. The lowest BCUT2D eigenvalue weighted by Crippen LogP contribution is -2.24. The van der Waals surface area contributed by atoms with E-state index in [0.29, 0.717) is 24.7 Å². The van der Waals surface area contributed by atoms with Crippen molar-refractivity contribution in [3.05, 3.63) is 63.1 Å². The molecule has 0 saturated carbocycles. The number of nitrogens with zero attached hydrogens (tertiary/aromatic N) is 3. The molecule has 146 valence electrons. The number of hydrogen-bond donors (Lipinski definition) is 1. The minimum Gasteiger partial charge on any atom is -0.352 e. The number of nitrogens with one attached hydrogen (secondary N) is 1. The third-order valence-corrected chi connectivity index (χ3v) is 4.83. The van der Waals surface area contributed by atoms with Gasteiger partial charge >= 0.3 is 5.69 Å². The van der Waals surface area contributed by atoms with Gasteiger partial charge in [0.15, 0.2) is 0 Å². The lowest BCUT2D eigenvalue weighted by atomic mass is 10.1. The number of nitro benzene ring substituents is 1. The number of benzene rings is 1. The van der Waals surface area contributed by atoms with Crippen molar-refractivity contribution in [2.75, 3.05) is 6.54 Å². The van der Waals surface area contributed by atoms with E-state index in [-0.39, 0.29) is 5.56 Å². The van der Waals surface area contributed by atoms with E-state index in [1.807, 2.05) is 17.5 Å². The second-order valence-corrected chi connectivity index (χ2v) is 6.93. The molecule has 10 heteroatoms. The monoisotopic (exact) mass is 404 g/mol. The maximum atomic E-state index is 13.3. The van der Waals surface area contributed by atoms with Gasteiger partial charge in [-0.15, -0.1) is 11.3 Å². The van der Waals surface area contributed by atoms with E-state index in [1.165, 1.54) is 6.07 Å². The Labute approximate surface area is 163 Å². The second-order valence-electron chi connectivity index (χ2n) is 5.98. The average molecular weight is 404 g/mol. The maximum Gasteiger partial charge on any atom is 0.305 e. The zero-order valence-corrected chi connectivity index (χ0v) is 15.6. The van der Waals surface area contributed by atoms with Gasteiger partial charge in [0.1, 0.15) is 0 Å². The molecule has 0 unspecified atom stereocenters. The average Bonchev–Trinajstić information content (AvgIpc) is 3.36. The Kier molecular flexibility index (Phi) is 6.43.